The van der Waals surface area contributed by atoms with Crippen molar-refractivity contribution in [3.8, 4) is 0 Å². The molecule has 0 aliphatic rings. The first-order valence-corrected chi connectivity index (χ1v) is 6.77. The fraction of sp³-hybridized carbons (Fsp3) is 0.100. The zero-order valence-corrected chi connectivity index (χ0v) is 10.9. The molecule has 0 radical (unpaired) electrons. The number of hydrogen-bond donors (Lipinski definition) is 2. The van der Waals surface area contributed by atoms with Crippen molar-refractivity contribution in [2.75, 3.05) is 4.72 Å². The molecule has 0 saturated heterocycles. The third-order valence-corrected chi connectivity index (χ3v) is 3.72. The van der Waals surface area contributed by atoms with Gasteiger partial charge < -0.3 is 0 Å². The van der Waals surface area contributed by atoms with E-state index in [1.807, 2.05) is 0 Å². The van der Waals surface area contributed by atoms with E-state index in [0.29, 0.717) is 11.8 Å². The molecule has 0 atom stereocenters. The number of sulfonamides is 1. The van der Waals surface area contributed by atoms with Gasteiger partial charge in [0.15, 0.2) is 5.82 Å². The summed E-state index contributed by atoms with van der Waals surface area (Å²) >= 11 is 0. The summed E-state index contributed by atoms with van der Waals surface area (Å²) in [6.07, 6.45) is 0. The van der Waals surface area contributed by atoms with E-state index < -0.39 is 31.3 Å². The fourth-order valence-electron chi connectivity index (χ4n) is 1.47. The molecule has 0 spiro atoms. The van der Waals surface area contributed by atoms with E-state index in [1.165, 1.54) is 6.07 Å². The van der Waals surface area contributed by atoms with Gasteiger partial charge in [0.1, 0.15) is 0 Å². The highest BCUT2D eigenvalue weighted by Gasteiger charge is 2.21. The molecule has 0 aliphatic carbocycles. The van der Waals surface area contributed by atoms with Crippen molar-refractivity contribution in [3.05, 3.63) is 45.9 Å². The number of anilines is 1. The second kappa shape index (κ2) is 4.89. The Morgan fingerprint density at radius 3 is 2.60 bits per heavy atom. The van der Waals surface area contributed by atoms with Gasteiger partial charge >= 0.3 is 5.69 Å². The lowest BCUT2D eigenvalue weighted by Gasteiger charge is -2.05. The molecule has 0 fully saturated rings. The molecular weight excluding hydrogens is 291 g/mol. The van der Waals surface area contributed by atoms with Crippen molar-refractivity contribution in [1.82, 2.24) is 10.2 Å². The molecule has 1 heterocycles. The summed E-state index contributed by atoms with van der Waals surface area (Å²) in [6.45, 7) is 1.68. The van der Waals surface area contributed by atoms with E-state index in [9.17, 15) is 22.9 Å². The molecule has 0 saturated carbocycles. The highest BCUT2D eigenvalue weighted by atomic mass is 32.2. The molecule has 8 nitrogen and oxygen atoms in total. The van der Waals surface area contributed by atoms with E-state index >= 15 is 0 Å². The molecule has 2 aromatic rings. The number of aryl methyl sites for hydroxylation is 1. The Morgan fingerprint density at radius 2 is 2.10 bits per heavy atom. The number of nitro groups is 1. The Bertz CT molecular complexity index is 771. The lowest BCUT2D eigenvalue weighted by atomic mass is 10.3. The van der Waals surface area contributed by atoms with Crippen molar-refractivity contribution in [3.63, 3.8) is 0 Å². The van der Waals surface area contributed by atoms with Gasteiger partial charge in [0.05, 0.1) is 9.82 Å². The van der Waals surface area contributed by atoms with Gasteiger partial charge in [-0.15, -0.1) is 0 Å². The minimum atomic E-state index is -4.06. The van der Waals surface area contributed by atoms with Crippen LogP contribution in [0.25, 0.3) is 0 Å². The quantitative estimate of drug-likeness (QED) is 0.656. The standard InChI is InChI=1S/C10H9FN4O4S/c1-6-4-10(13-12-6)14-20(18,19)7-2-3-9(15(16)17)8(11)5-7/h2-5H,1H3,(H2,12,13,14). The molecule has 0 aliphatic heterocycles. The fourth-order valence-corrected chi connectivity index (χ4v) is 2.47. The molecule has 1 aromatic carbocycles. The maximum atomic E-state index is 13.4. The van der Waals surface area contributed by atoms with Gasteiger partial charge in [-0.3, -0.25) is 19.9 Å². The van der Waals surface area contributed by atoms with Crippen LogP contribution < -0.4 is 4.72 Å². The van der Waals surface area contributed by atoms with Crippen LogP contribution in [0.15, 0.2) is 29.2 Å². The number of H-pyrrole nitrogens is 1. The number of aromatic amines is 1. The lowest BCUT2D eigenvalue weighted by Crippen LogP contribution is -2.13. The summed E-state index contributed by atoms with van der Waals surface area (Å²) in [7, 11) is -4.06. The first-order valence-electron chi connectivity index (χ1n) is 5.28. The van der Waals surface area contributed by atoms with Crippen LogP contribution in [0.3, 0.4) is 0 Å². The molecule has 106 valence electrons. The average molecular weight is 300 g/mol. The van der Waals surface area contributed by atoms with Crippen LogP contribution in [0.1, 0.15) is 5.69 Å². The van der Waals surface area contributed by atoms with E-state index in [2.05, 4.69) is 14.9 Å². The monoisotopic (exact) mass is 300 g/mol. The normalized spacial score (nSPS) is 11.3. The third-order valence-electron chi connectivity index (χ3n) is 2.37. The highest BCUT2D eigenvalue weighted by molar-refractivity contribution is 7.92. The van der Waals surface area contributed by atoms with Crippen LogP contribution >= 0.6 is 0 Å². The summed E-state index contributed by atoms with van der Waals surface area (Å²) in [6, 6.07) is 3.77. The number of aromatic nitrogens is 2. The predicted molar refractivity (Wildman–Crippen MR) is 67.2 cm³/mol. The largest absolute Gasteiger partial charge is 0.304 e. The number of nitro benzene ring substituents is 1. The van der Waals surface area contributed by atoms with Crippen molar-refractivity contribution in [2.45, 2.75) is 11.8 Å². The molecule has 10 heteroatoms. The van der Waals surface area contributed by atoms with E-state index in [1.54, 1.807) is 6.92 Å². The number of rotatable bonds is 4. The van der Waals surface area contributed by atoms with Crippen molar-refractivity contribution in [1.29, 1.82) is 0 Å². The summed E-state index contributed by atoms with van der Waals surface area (Å²) in [5, 5.41) is 16.7. The van der Waals surface area contributed by atoms with Crippen LogP contribution in [0.5, 0.6) is 0 Å². The Kier molecular flexibility index (Phi) is 3.40. The molecular formula is C10H9FN4O4S. The maximum Gasteiger partial charge on any atom is 0.304 e. The van der Waals surface area contributed by atoms with Crippen LogP contribution in [0.4, 0.5) is 15.9 Å². The van der Waals surface area contributed by atoms with E-state index in [4.69, 9.17) is 0 Å². The minimum absolute atomic E-state index is 0.0428. The zero-order valence-electron chi connectivity index (χ0n) is 10.1. The smallest absolute Gasteiger partial charge is 0.281 e. The summed E-state index contributed by atoms with van der Waals surface area (Å²) in [4.78, 5) is 9.10. The summed E-state index contributed by atoms with van der Waals surface area (Å²) in [5.74, 6) is -1.18. The third kappa shape index (κ3) is 2.74. The molecule has 20 heavy (non-hydrogen) atoms. The minimum Gasteiger partial charge on any atom is -0.281 e. The topological polar surface area (TPSA) is 118 Å². The number of benzene rings is 1. The van der Waals surface area contributed by atoms with Crippen molar-refractivity contribution < 1.29 is 17.7 Å². The van der Waals surface area contributed by atoms with Crippen LogP contribution in [0.2, 0.25) is 0 Å². The number of nitrogens with one attached hydrogen (secondary N) is 2. The molecule has 2 rings (SSSR count). The van der Waals surface area contributed by atoms with E-state index in [-0.39, 0.29) is 5.82 Å². The number of nitrogens with zero attached hydrogens (tertiary/aromatic N) is 2. The van der Waals surface area contributed by atoms with Gasteiger partial charge in [-0.1, -0.05) is 0 Å². The Hall–Kier alpha value is -2.49. The lowest BCUT2D eigenvalue weighted by molar-refractivity contribution is -0.387. The highest BCUT2D eigenvalue weighted by Crippen LogP contribution is 2.22. The van der Waals surface area contributed by atoms with Crippen LogP contribution in [-0.4, -0.2) is 23.5 Å². The van der Waals surface area contributed by atoms with Crippen LogP contribution in [-0.2, 0) is 10.0 Å². The zero-order chi connectivity index (χ0) is 14.9. The first-order chi connectivity index (χ1) is 9.29. The molecule has 0 unspecified atom stereocenters. The Balaban J connectivity index is 2.35. The second-order valence-electron chi connectivity index (χ2n) is 3.91. The van der Waals surface area contributed by atoms with Gasteiger partial charge in [0.25, 0.3) is 10.0 Å². The first kappa shape index (κ1) is 13.9. The van der Waals surface area contributed by atoms with Crippen molar-refractivity contribution >= 4 is 21.5 Å². The van der Waals surface area contributed by atoms with Gasteiger partial charge in [-0.25, -0.2) is 8.42 Å². The van der Waals surface area contributed by atoms with Gasteiger partial charge in [0.2, 0.25) is 5.82 Å². The van der Waals surface area contributed by atoms with Gasteiger partial charge in [-0.05, 0) is 13.0 Å². The molecule has 0 bridgehead atoms. The van der Waals surface area contributed by atoms with E-state index in [0.717, 1.165) is 12.1 Å². The average Bonchev–Trinajstić information content (AvgIpc) is 2.73. The molecule has 0 amide bonds. The Labute approximate surface area is 112 Å². The number of halogens is 1. The molecule has 2 N–H and O–H groups in total. The van der Waals surface area contributed by atoms with Gasteiger partial charge in [-0.2, -0.15) is 9.49 Å². The molecule has 1 aromatic heterocycles. The summed E-state index contributed by atoms with van der Waals surface area (Å²) < 4.78 is 39.4. The summed E-state index contributed by atoms with van der Waals surface area (Å²) in [5.41, 5.74) is -0.155. The SMILES string of the molecule is Cc1cc(NS(=O)(=O)c2ccc([N+](=O)[O-])c(F)c2)n[nH]1. The maximum absolute atomic E-state index is 13.4. The number of hydrogen-bond acceptors (Lipinski definition) is 5. The Morgan fingerprint density at radius 1 is 1.40 bits per heavy atom. The van der Waals surface area contributed by atoms with Crippen molar-refractivity contribution in [2.24, 2.45) is 0 Å². The second-order valence-corrected chi connectivity index (χ2v) is 5.59. The van der Waals surface area contributed by atoms with Crippen LogP contribution in [0, 0.1) is 22.9 Å². The predicted octanol–water partition coefficient (Wildman–Crippen LogP) is 1.57. The van der Waals surface area contributed by atoms with Gasteiger partial charge in [0, 0.05) is 23.9 Å².